The first-order chi connectivity index (χ1) is 34.1. The number of hydrogen-bond donors (Lipinski definition) is 4. The van der Waals surface area contributed by atoms with Crippen molar-refractivity contribution >= 4 is 16.4 Å². The van der Waals surface area contributed by atoms with E-state index < -0.39 is 59.8 Å². The maximum absolute atomic E-state index is 13.0. The van der Waals surface area contributed by atoms with Crippen molar-refractivity contribution in [1.82, 2.24) is 0 Å². The third kappa shape index (κ3) is 40.3. The Labute approximate surface area is 427 Å². The predicted octanol–water partition coefficient (Wildman–Crippen LogP) is 13.6. The van der Waals surface area contributed by atoms with Crippen LogP contribution in [0.15, 0.2) is 60.8 Å². The topological polar surface area (TPSA) is 178 Å². The molecule has 0 aromatic heterocycles. The average Bonchev–Trinajstić information content (AvgIpc) is 3.34. The summed E-state index contributed by atoms with van der Waals surface area (Å²) in [6.45, 7) is 3.88. The molecule has 0 aromatic carbocycles. The van der Waals surface area contributed by atoms with Crippen LogP contribution in [-0.4, -0.2) is 97.5 Å². The van der Waals surface area contributed by atoms with Gasteiger partial charge in [-0.25, -0.2) is 4.18 Å². The summed E-state index contributed by atoms with van der Waals surface area (Å²) in [4.78, 5) is 13.0. The molecular formula is C57H102O12S. The lowest BCUT2D eigenvalue weighted by Crippen LogP contribution is -2.60. The highest BCUT2D eigenvalue weighted by molar-refractivity contribution is 7.80. The van der Waals surface area contributed by atoms with Crippen LogP contribution in [-0.2, 0) is 38.3 Å². The third-order valence-electron chi connectivity index (χ3n) is 12.6. The van der Waals surface area contributed by atoms with Crippen LogP contribution in [0.5, 0.6) is 0 Å². The number of carbonyl (C=O) groups excluding carboxylic acids is 1. The maximum Gasteiger partial charge on any atom is 0.397 e. The zero-order valence-electron chi connectivity index (χ0n) is 44.1. The van der Waals surface area contributed by atoms with Crippen molar-refractivity contribution in [2.75, 3.05) is 26.4 Å². The first-order valence-corrected chi connectivity index (χ1v) is 29.4. The second kappa shape index (κ2) is 47.8. The number of aliphatic hydroxyl groups excluding tert-OH is 3. The highest BCUT2D eigenvalue weighted by atomic mass is 32.3. The number of allylic oxidation sites excluding steroid dienone is 10. The van der Waals surface area contributed by atoms with Gasteiger partial charge in [-0.15, -0.1) is 0 Å². The highest BCUT2D eigenvalue weighted by Crippen LogP contribution is 2.26. The molecule has 1 aliphatic heterocycles. The van der Waals surface area contributed by atoms with Crippen LogP contribution < -0.4 is 0 Å². The van der Waals surface area contributed by atoms with Crippen LogP contribution in [0, 0.1) is 0 Å². The molecule has 1 fully saturated rings. The van der Waals surface area contributed by atoms with E-state index in [2.05, 4.69) is 78.8 Å². The van der Waals surface area contributed by atoms with Gasteiger partial charge in [-0.05, 0) is 77.0 Å². The molecule has 6 atom stereocenters. The van der Waals surface area contributed by atoms with Crippen LogP contribution in [0.2, 0.25) is 0 Å². The van der Waals surface area contributed by atoms with Gasteiger partial charge in [0.2, 0.25) is 0 Å². The highest BCUT2D eigenvalue weighted by Gasteiger charge is 2.48. The molecule has 0 spiro atoms. The number of aliphatic hydroxyl groups is 3. The Morgan fingerprint density at radius 1 is 0.557 bits per heavy atom. The van der Waals surface area contributed by atoms with E-state index in [-0.39, 0.29) is 19.6 Å². The Morgan fingerprint density at radius 2 is 0.986 bits per heavy atom. The van der Waals surface area contributed by atoms with Crippen molar-refractivity contribution in [3.05, 3.63) is 60.8 Å². The van der Waals surface area contributed by atoms with E-state index >= 15 is 0 Å². The largest absolute Gasteiger partial charge is 0.457 e. The van der Waals surface area contributed by atoms with Crippen LogP contribution in [0.4, 0.5) is 0 Å². The minimum Gasteiger partial charge on any atom is -0.457 e. The first-order valence-electron chi connectivity index (χ1n) is 28.0. The van der Waals surface area contributed by atoms with E-state index in [9.17, 15) is 33.1 Å². The van der Waals surface area contributed by atoms with Crippen molar-refractivity contribution < 1.29 is 56.2 Å². The van der Waals surface area contributed by atoms with Gasteiger partial charge < -0.3 is 34.3 Å². The van der Waals surface area contributed by atoms with Gasteiger partial charge in [-0.3, -0.25) is 9.35 Å². The fraction of sp³-hybridized carbons (Fsp3) is 0.807. The molecule has 408 valence electrons. The lowest BCUT2D eigenvalue weighted by molar-refractivity contribution is -0.301. The fourth-order valence-electron chi connectivity index (χ4n) is 8.42. The standard InChI is InChI=1S/C57H102O12S/c1-3-5-7-9-11-13-15-17-19-21-23-24-25-26-27-28-29-30-32-34-36-38-40-42-44-46-53(59)67-51(50-66-57-55(61)56(69-70(62,63)64)54(60)52(48-58)68-57)49-65-47-45-43-41-39-37-35-33-31-22-20-18-16-14-12-10-8-6-4-2/h6,8,12,14-15,17-18,20-21,23,51-52,54-58,60-61H,3-5,7,9-11,13,16,19,22,24-50H2,1-2H3,(H,62,63,64)/b8-6-,14-12-,17-15-,20-18-,23-21-. The summed E-state index contributed by atoms with van der Waals surface area (Å²) in [6.07, 6.45) is 52.5. The van der Waals surface area contributed by atoms with Crippen molar-refractivity contribution in [3.63, 3.8) is 0 Å². The Bertz CT molecular complexity index is 1450. The normalized spacial score (nSPS) is 19.5. The summed E-state index contributed by atoms with van der Waals surface area (Å²) in [5, 5.41) is 30.8. The van der Waals surface area contributed by atoms with Crippen LogP contribution in [0.25, 0.3) is 0 Å². The molecule has 0 bridgehead atoms. The zero-order valence-corrected chi connectivity index (χ0v) is 44.9. The molecule has 0 aliphatic carbocycles. The van der Waals surface area contributed by atoms with Gasteiger partial charge >= 0.3 is 16.4 Å². The minimum atomic E-state index is -5.07. The summed E-state index contributed by atoms with van der Waals surface area (Å²) in [5.74, 6) is -0.402. The van der Waals surface area contributed by atoms with E-state index in [1.54, 1.807) is 0 Å². The van der Waals surface area contributed by atoms with Crippen LogP contribution in [0.1, 0.15) is 232 Å². The van der Waals surface area contributed by atoms with Gasteiger partial charge in [0.1, 0.15) is 30.5 Å². The fourth-order valence-corrected chi connectivity index (χ4v) is 8.93. The zero-order chi connectivity index (χ0) is 51.0. The lowest BCUT2D eigenvalue weighted by atomic mass is 9.99. The van der Waals surface area contributed by atoms with E-state index in [0.29, 0.717) is 13.0 Å². The maximum atomic E-state index is 13.0. The van der Waals surface area contributed by atoms with Crippen molar-refractivity contribution in [1.29, 1.82) is 0 Å². The Morgan fingerprint density at radius 3 is 1.44 bits per heavy atom. The summed E-state index contributed by atoms with van der Waals surface area (Å²) < 4.78 is 59.4. The second-order valence-corrected chi connectivity index (χ2v) is 20.2. The molecule has 12 nitrogen and oxygen atoms in total. The molecule has 1 saturated heterocycles. The first kappa shape index (κ1) is 65.8. The molecule has 4 N–H and O–H groups in total. The molecular weight excluding hydrogens is 909 g/mol. The number of ether oxygens (including phenoxy) is 4. The molecule has 0 radical (unpaired) electrons. The molecule has 13 heteroatoms. The van der Waals surface area contributed by atoms with Crippen molar-refractivity contribution in [3.8, 4) is 0 Å². The summed E-state index contributed by atoms with van der Waals surface area (Å²) in [6, 6.07) is 0. The smallest absolute Gasteiger partial charge is 0.397 e. The number of hydrogen-bond acceptors (Lipinski definition) is 11. The van der Waals surface area contributed by atoms with E-state index in [0.717, 1.165) is 70.6 Å². The molecule has 0 aromatic rings. The quantitative estimate of drug-likeness (QED) is 0.0196. The summed E-state index contributed by atoms with van der Waals surface area (Å²) >= 11 is 0. The third-order valence-corrected chi connectivity index (χ3v) is 13.1. The second-order valence-electron chi connectivity index (χ2n) is 19.1. The average molecular weight is 1010 g/mol. The molecule has 70 heavy (non-hydrogen) atoms. The molecule has 1 aliphatic rings. The van der Waals surface area contributed by atoms with Crippen molar-refractivity contribution in [2.45, 2.75) is 269 Å². The van der Waals surface area contributed by atoms with Gasteiger partial charge in [0.15, 0.2) is 6.29 Å². The Hall–Kier alpha value is -2.20. The number of rotatable bonds is 49. The summed E-state index contributed by atoms with van der Waals surface area (Å²) in [7, 11) is -5.07. The molecule has 1 rings (SSSR count). The van der Waals surface area contributed by atoms with Crippen LogP contribution >= 0.6 is 0 Å². The number of esters is 1. The predicted molar refractivity (Wildman–Crippen MR) is 285 cm³/mol. The van der Waals surface area contributed by atoms with Gasteiger partial charge in [0.05, 0.1) is 19.8 Å². The van der Waals surface area contributed by atoms with E-state index in [4.69, 9.17) is 18.9 Å². The Balaban J connectivity index is 2.30. The molecule has 0 saturated carbocycles. The van der Waals surface area contributed by atoms with Gasteiger partial charge in [0, 0.05) is 13.0 Å². The molecule has 1 heterocycles. The van der Waals surface area contributed by atoms with Crippen molar-refractivity contribution in [2.24, 2.45) is 0 Å². The molecule has 0 amide bonds. The van der Waals surface area contributed by atoms with E-state index in [1.165, 1.54) is 135 Å². The lowest BCUT2D eigenvalue weighted by Gasteiger charge is -2.41. The minimum absolute atomic E-state index is 0.0296. The number of carbonyl (C=O) groups is 1. The van der Waals surface area contributed by atoms with E-state index in [1.807, 2.05) is 0 Å². The monoisotopic (exact) mass is 1010 g/mol. The number of unbranched alkanes of at least 4 members (excludes halogenated alkanes) is 26. The van der Waals surface area contributed by atoms with Gasteiger partial charge in [0.25, 0.3) is 0 Å². The summed E-state index contributed by atoms with van der Waals surface area (Å²) in [5.41, 5.74) is 0. The Kier molecular flexibility index (Phi) is 44.9. The van der Waals surface area contributed by atoms with Gasteiger partial charge in [-0.1, -0.05) is 209 Å². The SMILES string of the molecule is CC/C=C\C/C=C\C/C=C\CCCCCCCCCCOCC(COC1OC(CO)C(O)C(OS(=O)(=O)O)C1O)OC(=O)CCCCCCCCCCCCCCC/C=C\C/C=C\CCCCCCC. The van der Waals surface area contributed by atoms with Crippen LogP contribution in [0.3, 0.4) is 0 Å². The molecule has 6 unspecified atom stereocenters. The van der Waals surface area contributed by atoms with Gasteiger partial charge in [-0.2, -0.15) is 8.42 Å².